The van der Waals surface area contributed by atoms with Gasteiger partial charge in [-0.05, 0) is 42.8 Å². The quantitative estimate of drug-likeness (QED) is 0.780. The maximum Gasteiger partial charge on any atom is 0.252 e. The van der Waals surface area contributed by atoms with Crippen LogP contribution in [0.15, 0.2) is 60.8 Å². The number of rotatable bonds is 3. The molecule has 1 aromatic heterocycles. The highest BCUT2D eigenvalue weighted by Gasteiger charge is 2.14. The zero-order chi connectivity index (χ0) is 15.5. The third kappa shape index (κ3) is 2.95. The fraction of sp³-hybridized carbons (Fsp3) is 0.111. The van der Waals surface area contributed by atoms with E-state index in [9.17, 15) is 4.79 Å². The van der Waals surface area contributed by atoms with Crippen LogP contribution in [0.25, 0.3) is 10.9 Å². The minimum absolute atomic E-state index is 0.100. The van der Waals surface area contributed by atoms with Gasteiger partial charge in [-0.3, -0.25) is 9.78 Å². The minimum Gasteiger partial charge on any atom is -0.345 e. The summed E-state index contributed by atoms with van der Waals surface area (Å²) in [6, 6.07) is 16.7. The Labute approximate surface area is 133 Å². The van der Waals surface area contributed by atoms with Crippen LogP contribution in [0.1, 0.15) is 28.9 Å². The average Bonchev–Trinajstić information content (AvgIpc) is 2.54. The van der Waals surface area contributed by atoms with E-state index in [1.54, 1.807) is 6.20 Å². The van der Waals surface area contributed by atoms with E-state index in [-0.39, 0.29) is 11.9 Å². The second kappa shape index (κ2) is 6.16. The number of fused-ring (bicyclic) bond motifs is 1. The van der Waals surface area contributed by atoms with E-state index in [1.807, 2.05) is 61.5 Å². The van der Waals surface area contributed by atoms with Crippen molar-refractivity contribution in [3.05, 3.63) is 76.9 Å². The van der Waals surface area contributed by atoms with Gasteiger partial charge in [0.25, 0.3) is 5.91 Å². The molecule has 3 rings (SSSR count). The highest BCUT2D eigenvalue weighted by Crippen LogP contribution is 2.19. The molecule has 0 radical (unpaired) electrons. The third-order valence-corrected chi connectivity index (χ3v) is 3.86. The molecule has 0 fully saturated rings. The molecule has 1 heterocycles. The number of hydrogen-bond acceptors (Lipinski definition) is 2. The topological polar surface area (TPSA) is 42.0 Å². The first kappa shape index (κ1) is 14.5. The smallest absolute Gasteiger partial charge is 0.252 e. The van der Waals surface area contributed by atoms with E-state index < -0.39 is 0 Å². The Morgan fingerprint density at radius 2 is 1.86 bits per heavy atom. The van der Waals surface area contributed by atoms with Gasteiger partial charge in [-0.2, -0.15) is 0 Å². The van der Waals surface area contributed by atoms with Gasteiger partial charge >= 0.3 is 0 Å². The van der Waals surface area contributed by atoms with E-state index in [0.29, 0.717) is 10.6 Å². The molecule has 0 aliphatic rings. The van der Waals surface area contributed by atoms with Crippen LogP contribution in [0.5, 0.6) is 0 Å². The normalized spacial score (nSPS) is 12.1. The van der Waals surface area contributed by atoms with Crippen LogP contribution in [0.4, 0.5) is 0 Å². The van der Waals surface area contributed by atoms with Gasteiger partial charge < -0.3 is 5.32 Å². The predicted octanol–water partition coefficient (Wildman–Crippen LogP) is 4.38. The van der Waals surface area contributed by atoms with Crippen LogP contribution < -0.4 is 5.32 Å². The Balaban J connectivity index is 1.85. The van der Waals surface area contributed by atoms with Gasteiger partial charge in [0.05, 0.1) is 11.6 Å². The number of benzene rings is 2. The molecule has 0 saturated heterocycles. The van der Waals surface area contributed by atoms with Crippen LogP contribution in [-0.4, -0.2) is 10.9 Å². The van der Waals surface area contributed by atoms with Crippen molar-refractivity contribution in [2.24, 2.45) is 0 Å². The number of amides is 1. The summed E-state index contributed by atoms with van der Waals surface area (Å²) in [6.45, 7) is 1.95. The van der Waals surface area contributed by atoms with Crippen LogP contribution in [0, 0.1) is 0 Å². The van der Waals surface area contributed by atoms with Gasteiger partial charge in [0.15, 0.2) is 0 Å². The molecule has 1 amide bonds. The second-order valence-electron chi connectivity index (χ2n) is 5.12. The van der Waals surface area contributed by atoms with Crippen LogP contribution in [0.3, 0.4) is 0 Å². The predicted molar refractivity (Wildman–Crippen MR) is 89.1 cm³/mol. The highest BCUT2D eigenvalue weighted by atomic mass is 35.5. The maximum atomic E-state index is 12.5. The standard InChI is InChI=1S/C18H15ClN2O/c1-12(13-7-9-14(19)10-8-13)21-18(22)16-4-2-6-17-15(16)5-3-11-20-17/h2-12H,1H3,(H,21,22). The lowest BCUT2D eigenvalue weighted by Gasteiger charge is -2.15. The lowest BCUT2D eigenvalue weighted by molar-refractivity contribution is 0.0941. The second-order valence-corrected chi connectivity index (χ2v) is 5.56. The summed E-state index contributed by atoms with van der Waals surface area (Å²) >= 11 is 5.89. The molecule has 110 valence electrons. The molecule has 0 bridgehead atoms. The summed E-state index contributed by atoms with van der Waals surface area (Å²) in [5, 5.41) is 4.55. The molecule has 1 atom stereocenters. The number of nitrogens with one attached hydrogen (secondary N) is 1. The summed E-state index contributed by atoms with van der Waals surface area (Å²) in [7, 11) is 0. The Bertz CT molecular complexity index is 809. The molecule has 0 aliphatic carbocycles. The van der Waals surface area contributed by atoms with E-state index in [4.69, 9.17) is 11.6 Å². The number of pyridine rings is 1. The van der Waals surface area contributed by atoms with Crippen molar-refractivity contribution in [3.8, 4) is 0 Å². The summed E-state index contributed by atoms with van der Waals surface area (Å²) in [5.74, 6) is -0.110. The van der Waals surface area contributed by atoms with Crippen molar-refractivity contribution in [2.75, 3.05) is 0 Å². The first-order valence-corrected chi connectivity index (χ1v) is 7.43. The van der Waals surface area contributed by atoms with Gasteiger partial charge in [-0.15, -0.1) is 0 Å². The molecular weight excluding hydrogens is 296 g/mol. The summed E-state index contributed by atoms with van der Waals surface area (Å²) in [6.07, 6.45) is 1.72. The van der Waals surface area contributed by atoms with Gasteiger partial charge in [-0.25, -0.2) is 0 Å². The van der Waals surface area contributed by atoms with E-state index >= 15 is 0 Å². The first-order valence-electron chi connectivity index (χ1n) is 7.05. The van der Waals surface area contributed by atoms with Gasteiger partial charge in [-0.1, -0.05) is 35.9 Å². The molecule has 3 aromatic rings. The number of nitrogens with zero attached hydrogens (tertiary/aromatic N) is 1. The Morgan fingerprint density at radius 1 is 1.09 bits per heavy atom. The van der Waals surface area contributed by atoms with Crippen molar-refractivity contribution in [1.29, 1.82) is 0 Å². The van der Waals surface area contributed by atoms with E-state index in [2.05, 4.69) is 10.3 Å². The maximum absolute atomic E-state index is 12.5. The lowest BCUT2D eigenvalue weighted by atomic mass is 10.1. The number of carbonyl (C=O) groups is 1. The molecule has 0 spiro atoms. The van der Waals surface area contributed by atoms with Crippen LogP contribution in [-0.2, 0) is 0 Å². The Morgan fingerprint density at radius 3 is 2.64 bits per heavy atom. The van der Waals surface area contributed by atoms with Crippen LogP contribution in [0.2, 0.25) is 5.02 Å². The monoisotopic (exact) mass is 310 g/mol. The van der Waals surface area contributed by atoms with Gasteiger partial charge in [0, 0.05) is 22.2 Å². The Kier molecular flexibility index (Phi) is 4.07. The van der Waals surface area contributed by atoms with Crippen molar-refractivity contribution in [2.45, 2.75) is 13.0 Å². The lowest BCUT2D eigenvalue weighted by Crippen LogP contribution is -2.26. The number of halogens is 1. The molecular formula is C18H15ClN2O. The molecule has 1 unspecified atom stereocenters. The molecule has 4 heteroatoms. The minimum atomic E-state index is -0.110. The van der Waals surface area contributed by atoms with Gasteiger partial charge in [0.2, 0.25) is 0 Å². The fourth-order valence-corrected chi connectivity index (χ4v) is 2.54. The number of hydrogen-bond donors (Lipinski definition) is 1. The molecule has 1 N–H and O–H groups in total. The van der Waals surface area contributed by atoms with Gasteiger partial charge in [0.1, 0.15) is 0 Å². The number of carbonyl (C=O) groups excluding carboxylic acids is 1. The summed E-state index contributed by atoms with van der Waals surface area (Å²) in [5.41, 5.74) is 2.46. The molecule has 2 aromatic carbocycles. The van der Waals surface area contributed by atoms with Crippen molar-refractivity contribution in [3.63, 3.8) is 0 Å². The zero-order valence-electron chi connectivity index (χ0n) is 12.1. The summed E-state index contributed by atoms with van der Waals surface area (Å²) in [4.78, 5) is 16.8. The fourth-order valence-electron chi connectivity index (χ4n) is 2.41. The van der Waals surface area contributed by atoms with Crippen molar-refractivity contribution in [1.82, 2.24) is 10.3 Å². The largest absolute Gasteiger partial charge is 0.345 e. The van der Waals surface area contributed by atoms with Crippen molar-refractivity contribution >= 4 is 28.4 Å². The molecule has 3 nitrogen and oxygen atoms in total. The third-order valence-electron chi connectivity index (χ3n) is 3.61. The van der Waals surface area contributed by atoms with Crippen molar-refractivity contribution < 1.29 is 4.79 Å². The first-order chi connectivity index (χ1) is 10.6. The van der Waals surface area contributed by atoms with E-state index in [1.165, 1.54) is 0 Å². The molecule has 22 heavy (non-hydrogen) atoms. The average molecular weight is 311 g/mol. The zero-order valence-corrected chi connectivity index (χ0v) is 12.8. The molecule has 0 aliphatic heterocycles. The number of aromatic nitrogens is 1. The Hall–Kier alpha value is -2.39. The summed E-state index contributed by atoms with van der Waals surface area (Å²) < 4.78 is 0. The van der Waals surface area contributed by atoms with E-state index in [0.717, 1.165) is 16.5 Å². The SMILES string of the molecule is CC(NC(=O)c1cccc2ncccc12)c1ccc(Cl)cc1. The van der Waals surface area contributed by atoms with Crippen LogP contribution >= 0.6 is 11.6 Å². The highest BCUT2D eigenvalue weighted by molar-refractivity contribution is 6.30. The molecule has 0 saturated carbocycles.